The Morgan fingerprint density at radius 1 is 1.07 bits per heavy atom. The zero-order chi connectivity index (χ0) is 29.6. The summed E-state index contributed by atoms with van der Waals surface area (Å²) < 4.78 is 5.70. The Hall–Kier alpha value is -4.36. The highest BCUT2D eigenvalue weighted by atomic mass is 32.1. The minimum Gasteiger partial charge on any atom is -0.446 e. The molecule has 0 spiro atoms. The van der Waals surface area contributed by atoms with E-state index in [0.29, 0.717) is 24.5 Å². The zero-order valence-electron chi connectivity index (χ0n) is 23.7. The van der Waals surface area contributed by atoms with Gasteiger partial charge in [-0.05, 0) is 18.4 Å². The molecule has 4 bridgehead atoms. The molecule has 4 aromatic rings. The van der Waals surface area contributed by atoms with Crippen LogP contribution in [0.2, 0.25) is 0 Å². The van der Waals surface area contributed by atoms with E-state index in [1.54, 1.807) is 11.6 Å². The van der Waals surface area contributed by atoms with E-state index < -0.39 is 17.9 Å². The van der Waals surface area contributed by atoms with Gasteiger partial charge in [-0.2, -0.15) is 0 Å². The summed E-state index contributed by atoms with van der Waals surface area (Å²) in [5.74, 6) is -0.0598. The first-order chi connectivity index (χ1) is 20.2. The van der Waals surface area contributed by atoms with Crippen LogP contribution in [-0.4, -0.2) is 62.2 Å². The highest BCUT2D eigenvalue weighted by Gasteiger charge is 2.27. The monoisotopic (exact) mass is 590 g/mol. The lowest BCUT2D eigenvalue weighted by molar-refractivity contribution is -0.123. The summed E-state index contributed by atoms with van der Waals surface area (Å²) in [6.45, 7) is 7.02. The summed E-state index contributed by atoms with van der Waals surface area (Å²) in [7, 11) is 0. The standard InChI is InChI=1S/C29H34N8O4S/c1-17(2)25-29-35-22(16-42-29)27(40)33-20(11-19-7-5-4-6-8-19)28-34-21(15-41-28)26(39)30-9-10-37(14-24(38)36-25)13-23-31-12-18(3)32-23/h4-8,12,15-17,20,25H,9-11,13-14H2,1-3H3,(H,30,39)(H,31,32)(H,33,40)(H,36,38)/t20-,25-/m0/s1. The fourth-order valence-corrected chi connectivity index (χ4v) is 5.72. The van der Waals surface area contributed by atoms with E-state index in [0.717, 1.165) is 17.1 Å². The number of nitrogens with one attached hydrogen (secondary N) is 4. The summed E-state index contributed by atoms with van der Waals surface area (Å²) in [6.07, 6.45) is 3.42. The normalized spacial score (nSPS) is 19.1. The summed E-state index contributed by atoms with van der Waals surface area (Å²) >= 11 is 1.32. The van der Waals surface area contributed by atoms with Crippen LogP contribution in [0.25, 0.3) is 0 Å². The van der Waals surface area contributed by atoms with Gasteiger partial charge in [-0.3, -0.25) is 19.3 Å². The second-order valence-electron chi connectivity index (χ2n) is 10.6. The van der Waals surface area contributed by atoms with Crippen molar-refractivity contribution in [3.05, 3.63) is 87.5 Å². The van der Waals surface area contributed by atoms with Gasteiger partial charge in [0.2, 0.25) is 11.8 Å². The Bertz CT molecular complexity index is 1530. The molecular weight excluding hydrogens is 556 g/mol. The van der Waals surface area contributed by atoms with Gasteiger partial charge in [0.05, 0.1) is 19.1 Å². The molecule has 4 N–H and O–H groups in total. The van der Waals surface area contributed by atoms with E-state index in [9.17, 15) is 14.4 Å². The van der Waals surface area contributed by atoms with Crippen LogP contribution in [0.15, 0.2) is 52.6 Å². The lowest BCUT2D eigenvalue weighted by Gasteiger charge is -2.24. The van der Waals surface area contributed by atoms with Crippen molar-refractivity contribution in [1.29, 1.82) is 0 Å². The van der Waals surface area contributed by atoms with Crippen molar-refractivity contribution >= 4 is 29.1 Å². The summed E-state index contributed by atoms with van der Waals surface area (Å²) in [5.41, 5.74) is 2.20. The van der Waals surface area contributed by atoms with Crippen molar-refractivity contribution in [2.75, 3.05) is 19.6 Å². The lowest BCUT2D eigenvalue weighted by Crippen LogP contribution is -2.43. The topological polar surface area (TPSA) is 158 Å². The molecule has 0 saturated carbocycles. The van der Waals surface area contributed by atoms with Crippen LogP contribution in [0.1, 0.15) is 74.9 Å². The van der Waals surface area contributed by atoms with Gasteiger partial charge in [-0.15, -0.1) is 11.3 Å². The van der Waals surface area contributed by atoms with Gasteiger partial charge in [-0.1, -0.05) is 44.2 Å². The molecule has 220 valence electrons. The third-order valence-corrected chi connectivity index (χ3v) is 7.78. The number of benzene rings is 1. The molecule has 4 heterocycles. The molecule has 42 heavy (non-hydrogen) atoms. The number of rotatable bonds is 5. The van der Waals surface area contributed by atoms with Gasteiger partial charge in [0, 0.05) is 36.8 Å². The number of carbonyl (C=O) groups is 3. The van der Waals surface area contributed by atoms with Gasteiger partial charge < -0.3 is 25.4 Å². The summed E-state index contributed by atoms with van der Waals surface area (Å²) in [6, 6.07) is 8.60. The fraction of sp³-hybridized carbons (Fsp3) is 0.379. The molecule has 3 amide bonds. The number of oxazole rings is 1. The number of nitrogens with zero attached hydrogens (tertiary/aromatic N) is 4. The smallest absolute Gasteiger partial charge is 0.273 e. The van der Waals surface area contributed by atoms with Gasteiger partial charge in [0.15, 0.2) is 5.69 Å². The average molecular weight is 591 g/mol. The minimum atomic E-state index is -0.640. The number of aromatic amines is 1. The molecule has 12 nitrogen and oxygen atoms in total. The van der Waals surface area contributed by atoms with E-state index >= 15 is 0 Å². The van der Waals surface area contributed by atoms with E-state index in [2.05, 4.69) is 35.9 Å². The van der Waals surface area contributed by atoms with Crippen LogP contribution >= 0.6 is 11.3 Å². The first kappa shape index (κ1) is 29.1. The van der Waals surface area contributed by atoms with Gasteiger partial charge in [0.1, 0.15) is 28.8 Å². The maximum atomic E-state index is 13.4. The zero-order valence-corrected chi connectivity index (χ0v) is 24.5. The number of H-pyrrole nitrogens is 1. The number of aryl methyl sites for hydroxylation is 1. The largest absolute Gasteiger partial charge is 0.446 e. The molecule has 0 unspecified atom stereocenters. The number of fused-ring (bicyclic) bond motifs is 4. The van der Waals surface area contributed by atoms with E-state index in [-0.39, 0.29) is 48.2 Å². The van der Waals surface area contributed by atoms with Crippen LogP contribution in [0, 0.1) is 12.8 Å². The molecule has 3 aromatic heterocycles. The Kier molecular flexibility index (Phi) is 9.08. The molecule has 2 atom stereocenters. The second-order valence-corrected chi connectivity index (χ2v) is 11.5. The minimum absolute atomic E-state index is 0.0265. The number of thiazole rings is 1. The molecular formula is C29H34N8O4S. The SMILES string of the molecule is Cc1cnc(CN2CCNC(=O)c3coc(n3)[C@H](Cc3ccccc3)NC(=O)c3csc(n3)[C@H](C(C)C)NC(=O)C2)[nH]1. The molecule has 1 aliphatic heterocycles. The Morgan fingerprint density at radius 2 is 1.88 bits per heavy atom. The first-order valence-corrected chi connectivity index (χ1v) is 14.7. The van der Waals surface area contributed by atoms with Gasteiger partial charge in [-0.25, -0.2) is 15.0 Å². The van der Waals surface area contributed by atoms with Crippen LogP contribution < -0.4 is 16.0 Å². The van der Waals surface area contributed by atoms with Gasteiger partial charge in [0.25, 0.3) is 11.8 Å². The molecule has 5 rings (SSSR count). The Morgan fingerprint density at radius 3 is 2.62 bits per heavy atom. The maximum absolute atomic E-state index is 13.4. The molecule has 0 fully saturated rings. The molecule has 13 heteroatoms. The molecule has 0 radical (unpaired) electrons. The lowest BCUT2D eigenvalue weighted by atomic mass is 10.0. The number of hydrogen-bond acceptors (Lipinski definition) is 9. The van der Waals surface area contributed by atoms with E-state index in [4.69, 9.17) is 4.42 Å². The third-order valence-electron chi connectivity index (χ3n) is 6.85. The summed E-state index contributed by atoms with van der Waals surface area (Å²) in [5, 5.41) is 11.2. The number of aromatic nitrogens is 4. The summed E-state index contributed by atoms with van der Waals surface area (Å²) in [4.78, 5) is 58.0. The first-order valence-electron chi connectivity index (χ1n) is 13.8. The Balaban J connectivity index is 1.44. The molecule has 1 aliphatic rings. The predicted molar refractivity (Wildman–Crippen MR) is 156 cm³/mol. The molecule has 0 aliphatic carbocycles. The highest BCUT2D eigenvalue weighted by Crippen LogP contribution is 2.26. The van der Waals surface area contributed by atoms with Crippen molar-refractivity contribution < 1.29 is 18.8 Å². The molecule has 0 saturated heterocycles. The third kappa shape index (κ3) is 7.28. The van der Waals surface area contributed by atoms with Crippen LogP contribution in [0.4, 0.5) is 0 Å². The van der Waals surface area contributed by atoms with Crippen molar-refractivity contribution in [3.8, 4) is 0 Å². The second kappa shape index (κ2) is 13.1. The van der Waals surface area contributed by atoms with Crippen molar-refractivity contribution in [3.63, 3.8) is 0 Å². The molecule has 1 aromatic carbocycles. The number of amides is 3. The van der Waals surface area contributed by atoms with Crippen molar-refractivity contribution in [2.24, 2.45) is 5.92 Å². The highest BCUT2D eigenvalue weighted by molar-refractivity contribution is 7.09. The predicted octanol–water partition coefficient (Wildman–Crippen LogP) is 2.94. The fourth-order valence-electron chi connectivity index (χ4n) is 4.70. The van der Waals surface area contributed by atoms with E-state index in [1.165, 1.54) is 17.6 Å². The number of hydrogen-bond donors (Lipinski definition) is 4. The van der Waals surface area contributed by atoms with Crippen LogP contribution in [0.5, 0.6) is 0 Å². The van der Waals surface area contributed by atoms with Crippen LogP contribution in [-0.2, 0) is 17.8 Å². The quantitative estimate of drug-likeness (QED) is 0.276. The number of imidazole rings is 1. The van der Waals surface area contributed by atoms with Crippen LogP contribution in [0.3, 0.4) is 0 Å². The Labute approximate surface area is 247 Å². The average Bonchev–Trinajstić information content (AvgIpc) is 3.73. The van der Waals surface area contributed by atoms with E-state index in [1.807, 2.05) is 56.0 Å². The van der Waals surface area contributed by atoms with Gasteiger partial charge >= 0.3 is 0 Å². The maximum Gasteiger partial charge on any atom is 0.273 e. The van der Waals surface area contributed by atoms with Crippen molar-refractivity contribution in [1.82, 2.24) is 40.8 Å². The van der Waals surface area contributed by atoms with Crippen molar-refractivity contribution in [2.45, 2.75) is 45.8 Å². The number of carbonyl (C=O) groups excluding carboxylic acids is 3.